The highest BCUT2D eigenvalue weighted by Crippen LogP contribution is 2.21. The molecule has 0 unspecified atom stereocenters. The van der Waals surface area contributed by atoms with Crippen molar-refractivity contribution in [2.24, 2.45) is 0 Å². The molecule has 0 saturated heterocycles. The van der Waals surface area contributed by atoms with Gasteiger partial charge in [0.25, 0.3) is 5.91 Å². The molecule has 2 aromatic carbocycles. The summed E-state index contributed by atoms with van der Waals surface area (Å²) in [5.41, 5.74) is 2.41. The minimum absolute atomic E-state index is 0.0894. The molecule has 3 rings (SSSR count). The third kappa shape index (κ3) is 3.85. The van der Waals surface area contributed by atoms with Crippen LogP contribution >= 0.6 is 0 Å². The highest BCUT2D eigenvalue weighted by Gasteiger charge is 2.23. The topological polar surface area (TPSA) is 88.8 Å². The summed E-state index contributed by atoms with van der Waals surface area (Å²) in [6.45, 7) is 1.95. The second-order valence-electron chi connectivity index (χ2n) is 6.07. The van der Waals surface area contributed by atoms with Gasteiger partial charge in [0, 0.05) is 11.8 Å². The molecular weight excluding hydrogens is 334 g/mol. The van der Waals surface area contributed by atoms with Crippen molar-refractivity contribution >= 4 is 22.8 Å². The van der Waals surface area contributed by atoms with Gasteiger partial charge in [0.15, 0.2) is 5.76 Å². The molecule has 0 spiro atoms. The first-order valence-corrected chi connectivity index (χ1v) is 8.13. The first-order chi connectivity index (χ1) is 12.5. The summed E-state index contributed by atoms with van der Waals surface area (Å²) in [7, 11) is 1.56. The van der Waals surface area contributed by atoms with Crippen molar-refractivity contribution in [3.05, 3.63) is 65.4 Å². The zero-order valence-electron chi connectivity index (χ0n) is 14.5. The molecule has 0 fully saturated rings. The average Bonchev–Trinajstić information content (AvgIpc) is 3.05. The Morgan fingerprint density at radius 3 is 2.54 bits per heavy atom. The standard InChI is InChI=1S/C20H19NO5/c1-12-3-8-17-14(9-12)11-18(26-17)19(22)21-16(20(23)24)10-13-4-6-15(25-2)7-5-13/h3-9,11,16H,10H2,1-2H3,(H,21,22)(H,23,24)/t16-/m0/s1. The fourth-order valence-corrected chi connectivity index (χ4v) is 2.70. The number of aryl methyl sites for hydroxylation is 1. The van der Waals surface area contributed by atoms with Crippen LogP contribution in [0.4, 0.5) is 0 Å². The molecule has 0 aliphatic rings. The number of carboxylic acids is 1. The molecule has 134 valence electrons. The van der Waals surface area contributed by atoms with Crippen molar-refractivity contribution in [3.63, 3.8) is 0 Å². The molecule has 1 heterocycles. The van der Waals surface area contributed by atoms with E-state index in [1.54, 1.807) is 43.5 Å². The highest BCUT2D eigenvalue weighted by atomic mass is 16.5. The second-order valence-corrected chi connectivity index (χ2v) is 6.07. The first-order valence-electron chi connectivity index (χ1n) is 8.13. The number of hydrogen-bond donors (Lipinski definition) is 2. The van der Waals surface area contributed by atoms with Crippen molar-refractivity contribution in [1.82, 2.24) is 5.32 Å². The maximum Gasteiger partial charge on any atom is 0.326 e. The van der Waals surface area contributed by atoms with Gasteiger partial charge >= 0.3 is 5.97 Å². The Morgan fingerprint density at radius 1 is 1.15 bits per heavy atom. The normalized spacial score (nSPS) is 11.9. The number of carboxylic acid groups (broad SMARTS) is 1. The van der Waals surface area contributed by atoms with Gasteiger partial charge in [0.05, 0.1) is 7.11 Å². The maximum absolute atomic E-state index is 12.4. The van der Waals surface area contributed by atoms with Crippen LogP contribution < -0.4 is 10.1 Å². The van der Waals surface area contributed by atoms with Crippen LogP contribution in [0.1, 0.15) is 21.7 Å². The predicted octanol–water partition coefficient (Wildman–Crippen LogP) is 3.18. The zero-order chi connectivity index (χ0) is 18.7. The molecule has 1 atom stereocenters. The minimum Gasteiger partial charge on any atom is -0.497 e. The van der Waals surface area contributed by atoms with Gasteiger partial charge in [0.2, 0.25) is 0 Å². The fraction of sp³-hybridized carbons (Fsp3) is 0.200. The van der Waals surface area contributed by atoms with Gasteiger partial charge < -0.3 is 19.6 Å². The Labute approximate surface area is 150 Å². The monoisotopic (exact) mass is 353 g/mol. The molecule has 1 aromatic heterocycles. The van der Waals surface area contributed by atoms with E-state index in [9.17, 15) is 14.7 Å². The summed E-state index contributed by atoms with van der Waals surface area (Å²) in [4.78, 5) is 24.0. The van der Waals surface area contributed by atoms with Crippen LogP contribution in [-0.4, -0.2) is 30.1 Å². The Hall–Kier alpha value is -3.28. The van der Waals surface area contributed by atoms with Crippen molar-refractivity contribution in [2.45, 2.75) is 19.4 Å². The molecule has 0 aliphatic carbocycles. The molecule has 26 heavy (non-hydrogen) atoms. The number of carbonyl (C=O) groups excluding carboxylic acids is 1. The molecule has 2 N–H and O–H groups in total. The van der Waals surface area contributed by atoms with E-state index in [0.29, 0.717) is 11.3 Å². The minimum atomic E-state index is -1.11. The van der Waals surface area contributed by atoms with E-state index in [1.165, 1.54) is 0 Å². The second kappa shape index (κ2) is 7.31. The molecule has 0 saturated carbocycles. The van der Waals surface area contributed by atoms with Gasteiger partial charge in [-0.15, -0.1) is 0 Å². The lowest BCUT2D eigenvalue weighted by Crippen LogP contribution is -2.42. The van der Waals surface area contributed by atoms with Gasteiger partial charge in [-0.2, -0.15) is 0 Å². The average molecular weight is 353 g/mol. The third-order valence-corrected chi connectivity index (χ3v) is 4.10. The molecule has 0 aliphatic heterocycles. The van der Waals surface area contributed by atoms with Crippen molar-refractivity contribution in [2.75, 3.05) is 7.11 Å². The number of aliphatic carboxylic acids is 1. The number of amides is 1. The lowest BCUT2D eigenvalue weighted by molar-refractivity contribution is -0.139. The number of ether oxygens (including phenoxy) is 1. The third-order valence-electron chi connectivity index (χ3n) is 4.10. The lowest BCUT2D eigenvalue weighted by Gasteiger charge is -2.14. The highest BCUT2D eigenvalue weighted by molar-refractivity contribution is 5.98. The largest absolute Gasteiger partial charge is 0.497 e. The van der Waals surface area contributed by atoms with Crippen LogP contribution in [0.15, 0.2) is 52.9 Å². The number of furan rings is 1. The summed E-state index contributed by atoms with van der Waals surface area (Å²) in [5.74, 6) is -0.894. The number of fused-ring (bicyclic) bond motifs is 1. The van der Waals surface area contributed by atoms with Crippen molar-refractivity contribution in [1.29, 1.82) is 0 Å². The van der Waals surface area contributed by atoms with Crippen LogP contribution in [-0.2, 0) is 11.2 Å². The number of rotatable bonds is 6. The molecule has 0 bridgehead atoms. The quantitative estimate of drug-likeness (QED) is 0.710. The molecule has 1 amide bonds. The molecule has 0 radical (unpaired) electrons. The summed E-state index contributed by atoms with van der Waals surface area (Å²) in [6.07, 6.45) is 0.157. The van der Waals surface area contributed by atoms with Crippen LogP contribution in [0.3, 0.4) is 0 Å². The fourth-order valence-electron chi connectivity index (χ4n) is 2.70. The maximum atomic E-state index is 12.4. The van der Waals surface area contributed by atoms with E-state index in [2.05, 4.69) is 5.32 Å². The van der Waals surface area contributed by atoms with Crippen LogP contribution in [0.5, 0.6) is 5.75 Å². The van der Waals surface area contributed by atoms with Gasteiger partial charge in [0.1, 0.15) is 17.4 Å². The van der Waals surface area contributed by atoms with Crippen molar-refractivity contribution < 1.29 is 23.8 Å². The first kappa shape index (κ1) is 17.5. The molecule has 3 aromatic rings. The van der Waals surface area contributed by atoms with Gasteiger partial charge in [-0.25, -0.2) is 4.79 Å². The summed E-state index contributed by atoms with van der Waals surface area (Å²) in [6, 6.07) is 13.2. The Kier molecular flexibility index (Phi) is 4.93. The number of methoxy groups -OCH3 is 1. The Balaban J connectivity index is 1.75. The van der Waals surface area contributed by atoms with E-state index in [4.69, 9.17) is 9.15 Å². The Bertz CT molecular complexity index is 942. The zero-order valence-corrected chi connectivity index (χ0v) is 14.5. The van der Waals surface area contributed by atoms with E-state index < -0.39 is 17.9 Å². The SMILES string of the molecule is COc1ccc(C[C@H](NC(=O)c2cc3cc(C)ccc3o2)C(=O)O)cc1. The number of hydrogen-bond acceptors (Lipinski definition) is 4. The predicted molar refractivity (Wildman–Crippen MR) is 96.5 cm³/mol. The molecular formula is C20H19NO5. The number of carbonyl (C=O) groups is 2. The van der Waals surface area contributed by atoms with Gasteiger partial charge in [-0.3, -0.25) is 4.79 Å². The summed E-state index contributed by atoms with van der Waals surface area (Å²) < 4.78 is 10.6. The molecule has 6 nitrogen and oxygen atoms in total. The lowest BCUT2D eigenvalue weighted by atomic mass is 10.1. The van der Waals surface area contributed by atoms with E-state index in [1.807, 2.05) is 19.1 Å². The van der Waals surface area contributed by atoms with E-state index in [0.717, 1.165) is 16.5 Å². The number of nitrogens with one attached hydrogen (secondary N) is 1. The van der Waals surface area contributed by atoms with Crippen LogP contribution in [0.2, 0.25) is 0 Å². The summed E-state index contributed by atoms with van der Waals surface area (Å²) in [5, 5.41) is 12.8. The van der Waals surface area contributed by atoms with Crippen LogP contribution in [0.25, 0.3) is 11.0 Å². The van der Waals surface area contributed by atoms with Gasteiger partial charge in [-0.05, 0) is 42.8 Å². The van der Waals surface area contributed by atoms with E-state index in [-0.39, 0.29) is 12.2 Å². The number of benzene rings is 2. The van der Waals surface area contributed by atoms with Crippen LogP contribution in [0, 0.1) is 6.92 Å². The smallest absolute Gasteiger partial charge is 0.326 e. The van der Waals surface area contributed by atoms with E-state index >= 15 is 0 Å². The van der Waals surface area contributed by atoms with Crippen molar-refractivity contribution in [3.8, 4) is 5.75 Å². The Morgan fingerprint density at radius 2 is 1.88 bits per heavy atom. The summed E-state index contributed by atoms with van der Waals surface area (Å²) >= 11 is 0. The van der Waals surface area contributed by atoms with Gasteiger partial charge in [-0.1, -0.05) is 23.8 Å². The molecule has 6 heteroatoms.